The van der Waals surface area contributed by atoms with Crippen molar-refractivity contribution in [3.8, 4) is 0 Å². The zero-order chi connectivity index (χ0) is 17.1. The second-order valence-corrected chi connectivity index (χ2v) is 5.50. The molecule has 0 atom stereocenters. The van der Waals surface area contributed by atoms with Gasteiger partial charge in [0.15, 0.2) is 11.5 Å². The minimum atomic E-state index is -0.492. The van der Waals surface area contributed by atoms with Crippen LogP contribution in [0.3, 0.4) is 0 Å². The summed E-state index contributed by atoms with van der Waals surface area (Å²) in [4.78, 5) is 12.4. The van der Waals surface area contributed by atoms with Crippen molar-refractivity contribution in [1.82, 2.24) is 15.4 Å². The highest BCUT2D eigenvalue weighted by Gasteiger charge is 2.18. The second-order valence-electron chi connectivity index (χ2n) is 5.09. The van der Waals surface area contributed by atoms with Crippen LogP contribution in [0.15, 0.2) is 42.5 Å². The van der Waals surface area contributed by atoms with Gasteiger partial charge in [0.25, 0.3) is 5.91 Å². The highest BCUT2D eigenvalue weighted by atomic mass is 35.5. The number of hydrogen-bond acceptors (Lipinski definition) is 4. The van der Waals surface area contributed by atoms with E-state index in [0.717, 1.165) is 5.56 Å². The maximum Gasteiger partial charge on any atom is 0.280 e. The molecule has 1 amide bonds. The molecule has 0 unspecified atom stereocenters. The Morgan fingerprint density at radius 2 is 2.04 bits per heavy atom. The first-order chi connectivity index (χ1) is 11.5. The van der Waals surface area contributed by atoms with E-state index in [2.05, 4.69) is 26.0 Å². The first-order valence-electron chi connectivity index (χ1n) is 7.04. The number of aromatic amines is 1. The Hall–Kier alpha value is -2.93. The molecule has 0 saturated carbocycles. The first kappa shape index (κ1) is 15.9. The number of aromatic nitrogens is 3. The van der Waals surface area contributed by atoms with E-state index in [1.54, 1.807) is 24.3 Å². The van der Waals surface area contributed by atoms with Crippen molar-refractivity contribution in [1.29, 1.82) is 0 Å². The summed E-state index contributed by atoms with van der Waals surface area (Å²) >= 11 is 6.11. The molecule has 0 bridgehead atoms. The van der Waals surface area contributed by atoms with E-state index >= 15 is 0 Å². The Labute approximate surface area is 142 Å². The number of hydrogen-bond donors (Lipinski definition) is 3. The Kier molecular flexibility index (Phi) is 4.43. The minimum Gasteiger partial charge on any atom is -0.337 e. The third kappa shape index (κ3) is 3.52. The zero-order valence-electron chi connectivity index (χ0n) is 12.6. The molecule has 3 aromatic rings. The summed E-state index contributed by atoms with van der Waals surface area (Å²) < 4.78 is 13.2. The molecule has 0 aliphatic rings. The molecule has 0 spiro atoms. The van der Waals surface area contributed by atoms with Crippen molar-refractivity contribution in [3.63, 3.8) is 0 Å². The molecular weight excluding hydrogens is 333 g/mol. The number of anilines is 3. The molecule has 6 nitrogen and oxygen atoms in total. The summed E-state index contributed by atoms with van der Waals surface area (Å²) in [6.45, 7) is 1.90. The fourth-order valence-electron chi connectivity index (χ4n) is 2.08. The zero-order valence-corrected chi connectivity index (χ0v) is 13.4. The predicted molar refractivity (Wildman–Crippen MR) is 90.2 cm³/mol. The molecule has 0 aliphatic heterocycles. The highest BCUT2D eigenvalue weighted by molar-refractivity contribution is 6.34. The summed E-state index contributed by atoms with van der Waals surface area (Å²) in [5.41, 5.74) is 1.93. The van der Waals surface area contributed by atoms with Crippen LogP contribution < -0.4 is 10.6 Å². The Morgan fingerprint density at radius 1 is 1.21 bits per heavy atom. The Morgan fingerprint density at radius 3 is 2.79 bits per heavy atom. The number of carbonyl (C=O) groups excluding carboxylic acids is 1. The molecule has 1 heterocycles. The van der Waals surface area contributed by atoms with Gasteiger partial charge in [-0.2, -0.15) is 5.21 Å². The molecule has 0 saturated heterocycles. The smallest absolute Gasteiger partial charge is 0.280 e. The Bertz CT molecular complexity index is 896. The molecule has 0 aliphatic carbocycles. The fraction of sp³-hybridized carbons (Fsp3) is 0.0625. The van der Waals surface area contributed by atoms with Crippen molar-refractivity contribution >= 4 is 34.7 Å². The standard InChI is InChI=1S/C16H13ClFN5O/c1-9-5-6-13(12(17)7-9)20-16(24)14-15(22-23-21-14)19-11-4-2-3-10(18)8-11/h2-8H,1H3,(H,20,24)(H2,19,21,22,23). The van der Waals surface area contributed by atoms with Crippen LogP contribution in [0.1, 0.15) is 16.1 Å². The summed E-state index contributed by atoms with van der Waals surface area (Å²) in [6.07, 6.45) is 0. The maximum atomic E-state index is 13.2. The molecule has 24 heavy (non-hydrogen) atoms. The van der Waals surface area contributed by atoms with E-state index in [9.17, 15) is 9.18 Å². The van der Waals surface area contributed by atoms with Crippen molar-refractivity contribution in [2.24, 2.45) is 0 Å². The van der Waals surface area contributed by atoms with E-state index in [4.69, 9.17) is 11.6 Å². The summed E-state index contributed by atoms with van der Waals surface area (Å²) in [6, 6.07) is 11.1. The van der Waals surface area contributed by atoms with Crippen molar-refractivity contribution in [3.05, 3.63) is 64.6 Å². The van der Waals surface area contributed by atoms with Gasteiger partial charge in [0, 0.05) is 5.69 Å². The average molecular weight is 346 g/mol. The maximum absolute atomic E-state index is 13.2. The summed E-state index contributed by atoms with van der Waals surface area (Å²) in [5, 5.41) is 16.0. The lowest BCUT2D eigenvalue weighted by Gasteiger charge is -2.08. The van der Waals surface area contributed by atoms with E-state index in [-0.39, 0.29) is 11.5 Å². The molecule has 0 radical (unpaired) electrons. The second kappa shape index (κ2) is 6.67. The van der Waals surface area contributed by atoms with E-state index in [1.165, 1.54) is 12.1 Å². The van der Waals surface area contributed by atoms with Gasteiger partial charge in [-0.05, 0) is 42.8 Å². The lowest BCUT2D eigenvalue weighted by molar-refractivity contribution is 0.102. The van der Waals surface area contributed by atoms with Gasteiger partial charge in [-0.1, -0.05) is 23.7 Å². The lowest BCUT2D eigenvalue weighted by atomic mass is 10.2. The number of nitrogens with zero attached hydrogens (tertiary/aromatic N) is 2. The first-order valence-corrected chi connectivity index (χ1v) is 7.41. The van der Waals surface area contributed by atoms with Crippen molar-refractivity contribution in [2.75, 3.05) is 10.6 Å². The van der Waals surface area contributed by atoms with Crippen LogP contribution in [-0.2, 0) is 0 Å². The number of amides is 1. The SMILES string of the molecule is Cc1ccc(NC(=O)c2n[nH]nc2Nc2cccc(F)c2)c(Cl)c1. The quantitative estimate of drug-likeness (QED) is 0.669. The summed E-state index contributed by atoms with van der Waals surface area (Å²) in [7, 11) is 0. The lowest BCUT2D eigenvalue weighted by Crippen LogP contribution is -2.14. The van der Waals surface area contributed by atoms with Gasteiger partial charge in [-0.15, -0.1) is 10.2 Å². The molecule has 122 valence electrons. The number of carbonyl (C=O) groups is 1. The molecule has 3 rings (SSSR count). The minimum absolute atomic E-state index is 0.0379. The van der Waals surface area contributed by atoms with Crippen LogP contribution in [0.4, 0.5) is 21.6 Å². The van der Waals surface area contributed by atoms with Gasteiger partial charge in [0.2, 0.25) is 0 Å². The average Bonchev–Trinajstić information content (AvgIpc) is 2.98. The van der Waals surface area contributed by atoms with Crippen LogP contribution in [0.5, 0.6) is 0 Å². The number of H-pyrrole nitrogens is 1. The van der Waals surface area contributed by atoms with Gasteiger partial charge < -0.3 is 10.6 Å². The third-order valence-electron chi connectivity index (χ3n) is 3.22. The normalized spacial score (nSPS) is 10.5. The highest BCUT2D eigenvalue weighted by Crippen LogP contribution is 2.24. The fourth-order valence-corrected chi connectivity index (χ4v) is 2.36. The van der Waals surface area contributed by atoms with Gasteiger partial charge in [0.1, 0.15) is 5.82 Å². The molecular formula is C16H13ClFN5O. The van der Waals surface area contributed by atoms with Gasteiger partial charge >= 0.3 is 0 Å². The molecule has 0 fully saturated rings. The van der Waals surface area contributed by atoms with E-state index < -0.39 is 11.7 Å². The molecule has 1 aromatic heterocycles. The van der Waals surface area contributed by atoms with E-state index in [1.807, 2.05) is 13.0 Å². The van der Waals surface area contributed by atoms with Gasteiger partial charge in [-0.25, -0.2) is 4.39 Å². The monoisotopic (exact) mass is 345 g/mol. The number of rotatable bonds is 4. The van der Waals surface area contributed by atoms with Crippen LogP contribution in [0.25, 0.3) is 0 Å². The Balaban J connectivity index is 1.80. The summed E-state index contributed by atoms with van der Waals surface area (Å²) in [5.74, 6) is -0.712. The van der Waals surface area contributed by atoms with Crippen LogP contribution in [0, 0.1) is 12.7 Å². The third-order valence-corrected chi connectivity index (χ3v) is 3.54. The van der Waals surface area contributed by atoms with Crippen LogP contribution in [0.2, 0.25) is 5.02 Å². The van der Waals surface area contributed by atoms with Gasteiger partial charge in [0.05, 0.1) is 10.7 Å². The van der Waals surface area contributed by atoms with Crippen LogP contribution >= 0.6 is 11.6 Å². The molecule has 3 N–H and O–H groups in total. The molecule has 8 heteroatoms. The van der Waals surface area contributed by atoms with E-state index in [0.29, 0.717) is 16.4 Å². The largest absolute Gasteiger partial charge is 0.337 e. The topological polar surface area (TPSA) is 82.7 Å². The number of benzene rings is 2. The predicted octanol–water partition coefficient (Wildman–Crippen LogP) is 3.90. The van der Waals surface area contributed by atoms with Crippen molar-refractivity contribution in [2.45, 2.75) is 6.92 Å². The number of aryl methyl sites for hydroxylation is 1. The van der Waals surface area contributed by atoms with Crippen molar-refractivity contribution < 1.29 is 9.18 Å². The van der Waals surface area contributed by atoms with Gasteiger partial charge in [-0.3, -0.25) is 4.79 Å². The molecule has 2 aromatic carbocycles. The van der Waals surface area contributed by atoms with Crippen LogP contribution in [-0.4, -0.2) is 21.3 Å². The number of nitrogens with one attached hydrogen (secondary N) is 3. The number of halogens is 2.